The minimum absolute atomic E-state index is 0.110. The van der Waals surface area contributed by atoms with Crippen molar-refractivity contribution in [3.8, 4) is 0 Å². The summed E-state index contributed by atoms with van der Waals surface area (Å²) in [6, 6.07) is 9.47. The fourth-order valence-corrected chi connectivity index (χ4v) is 10.5. The number of aliphatic hydroxyl groups is 1. The monoisotopic (exact) mass is 492 g/mol. The summed E-state index contributed by atoms with van der Waals surface area (Å²) in [5.74, 6) is 1.96. The van der Waals surface area contributed by atoms with Crippen LogP contribution in [-0.2, 0) is 20.6 Å². The number of ether oxygens (including phenoxy) is 3. The van der Waals surface area contributed by atoms with E-state index < -0.39 is 11.4 Å². The van der Waals surface area contributed by atoms with Crippen molar-refractivity contribution in [3.05, 3.63) is 47.5 Å². The minimum atomic E-state index is -0.692. The Balaban J connectivity index is 1.30. The van der Waals surface area contributed by atoms with Gasteiger partial charge >= 0.3 is 0 Å². The zero-order valence-corrected chi connectivity index (χ0v) is 22.3. The summed E-state index contributed by atoms with van der Waals surface area (Å²) in [6.45, 7) is 11.5. The first-order valence-corrected chi connectivity index (χ1v) is 14.7. The van der Waals surface area contributed by atoms with Gasteiger partial charge in [-0.25, -0.2) is 0 Å². The summed E-state index contributed by atoms with van der Waals surface area (Å²) in [6.07, 6.45) is 10.1. The van der Waals surface area contributed by atoms with Gasteiger partial charge < -0.3 is 19.3 Å². The molecule has 6 fully saturated rings. The van der Waals surface area contributed by atoms with E-state index in [1.807, 2.05) is 0 Å². The maximum atomic E-state index is 12.3. The summed E-state index contributed by atoms with van der Waals surface area (Å²) in [5.41, 5.74) is 3.47. The third-order valence-corrected chi connectivity index (χ3v) is 12.1. The van der Waals surface area contributed by atoms with Crippen LogP contribution in [-0.4, -0.2) is 41.9 Å². The maximum absolute atomic E-state index is 12.3. The standard InChI is InChI=1S/C32H44O4/c1-4-22-5-7-23(8-6-22)25-19-29(3)26(11-15-32(29)21(2)12-16-36-32)24-9-13-30(33)20-31(34-17-18-35-31)14-10-27(30)28(24)25/h5-8,24-28,33H,2,4,9-20H2,1,3H3. The normalized spacial score (nSPS) is 47.2. The van der Waals surface area contributed by atoms with Crippen LogP contribution in [0.2, 0.25) is 0 Å². The number of hydrogen-bond acceptors (Lipinski definition) is 4. The number of rotatable bonds is 2. The third-order valence-electron chi connectivity index (χ3n) is 12.1. The Bertz CT molecular complexity index is 1030. The van der Waals surface area contributed by atoms with E-state index in [0.29, 0.717) is 49.2 Å². The van der Waals surface area contributed by atoms with E-state index in [9.17, 15) is 5.11 Å². The molecule has 196 valence electrons. The fourth-order valence-electron chi connectivity index (χ4n) is 10.5. The van der Waals surface area contributed by atoms with E-state index in [1.54, 1.807) is 0 Å². The van der Waals surface area contributed by atoms with Crippen molar-refractivity contribution in [3.63, 3.8) is 0 Å². The van der Waals surface area contributed by atoms with Crippen molar-refractivity contribution in [1.82, 2.24) is 0 Å². The first-order valence-electron chi connectivity index (χ1n) is 14.7. The number of benzene rings is 1. The molecule has 0 aromatic heterocycles. The van der Waals surface area contributed by atoms with Crippen LogP contribution in [0, 0.1) is 29.1 Å². The summed E-state index contributed by atoms with van der Waals surface area (Å²) >= 11 is 0. The lowest BCUT2D eigenvalue weighted by atomic mass is 9.44. The smallest absolute Gasteiger partial charge is 0.171 e. The lowest BCUT2D eigenvalue weighted by Gasteiger charge is -2.63. The van der Waals surface area contributed by atoms with Crippen molar-refractivity contribution < 1.29 is 19.3 Å². The van der Waals surface area contributed by atoms with Crippen LogP contribution in [0.1, 0.15) is 88.7 Å². The molecule has 36 heavy (non-hydrogen) atoms. The van der Waals surface area contributed by atoms with Gasteiger partial charge in [0.2, 0.25) is 0 Å². The molecule has 4 saturated carbocycles. The van der Waals surface area contributed by atoms with Gasteiger partial charge in [-0.3, -0.25) is 0 Å². The maximum Gasteiger partial charge on any atom is 0.171 e. The Morgan fingerprint density at radius 1 is 0.944 bits per heavy atom. The highest BCUT2D eigenvalue weighted by atomic mass is 16.7. The minimum Gasteiger partial charge on any atom is -0.389 e. The molecule has 4 heteroatoms. The molecule has 6 aliphatic rings. The molecule has 8 unspecified atom stereocenters. The zero-order valence-electron chi connectivity index (χ0n) is 22.3. The molecule has 4 aliphatic carbocycles. The van der Waals surface area contributed by atoms with Gasteiger partial charge in [-0.15, -0.1) is 0 Å². The van der Waals surface area contributed by atoms with E-state index in [4.69, 9.17) is 14.2 Å². The van der Waals surface area contributed by atoms with Gasteiger partial charge in [0.25, 0.3) is 0 Å². The largest absolute Gasteiger partial charge is 0.389 e. The summed E-state index contributed by atoms with van der Waals surface area (Å²) in [5, 5.41) is 12.3. The van der Waals surface area contributed by atoms with Crippen molar-refractivity contribution in [1.29, 1.82) is 0 Å². The Hall–Kier alpha value is -1.20. The van der Waals surface area contributed by atoms with E-state index in [0.717, 1.165) is 58.0 Å². The van der Waals surface area contributed by atoms with E-state index in [-0.39, 0.29) is 11.0 Å². The molecule has 0 radical (unpaired) electrons. The highest BCUT2D eigenvalue weighted by Crippen LogP contribution is 2.72. The topological polar surface area (TPSA) is 47.9 Å². The Morgan fingerprint density at radius 2 is 1.69 bits per heavy atom. The van der Waals surface area contributed by atoms with Crippen LogP contribution in [0.5, 0.6) is 0 Å². The number of fused-ring (bicyclic) bond motifs is 6. The summed E-state index contributed by atoms with van der Waals surface area (Å²) in [7, 11) is 0. The van der Waals surface area contributed by atoms with E-state index in [2.05, 4.69) is 44.7 Å². The lowest BCUT2D eigenvalue weighted by molar-refractivity contribution is -0.259. The molecule has 8 atom stereocenters. The van der Waals surface area contributed by atoms with Crippen molar-refractivity contribution in [2.24, 2.45) is 29.1 Å². The van der Waals surface area contributed by atoms with Gasteiger partial charge in [-0.1, -0.05) is 44.7 Å². The average molecular weight is 493 g/mol. The second-order valence-electron chi connectivity index (χ2n) is 13.3. The molecule has 1 N–H and O–H groups in total. The fraction of sp³-hybridized carbons (Fsp3) is 0.750. The van der Waals surface area contributed by atoms with Gasteiger partial charge in [0.05, 0.1) is 31.0 Å². The molecule has 1 aromatic rings. The van der Waals surface area contributed by atoms with Crippen LogP contribution in [0.25, 0.3) is 0 Å². The molecule has 1 aromatic carbocycles. The molecule has 0 bridgehead atoms. The van der Waals surface area contributed by atoms with Crippen molar-refractivity contribution in [2.75, 3.05) is 19.8 Å². The Morgan fingerprint density at radius 3 is 2.39 bits per heavy atom. The average Bonchev–Trinajstić information content (AvgIpc) is 3.57. The van der Waals surface area contributed by atoms with Crippen molar-refractivity contribution in [2.45, 2.75) is 101 Å². The predicted octanol–water partition coefficient (Wildman–Crippen LogP) is 6.17. The van der Waals surface area contributed by atoms with Crippen LogP contribution < -0.4 is 0 Å². The SMILES string of the molecule is C=C1CCOC12CCC1C3CCC4(O)CC5(CCC4C3C(c3ccc(CC)cc3)CC12C)OCCO5. The second-order valence-corrected chi connectivity index (χ2v) is 13.3. The first kappa shape index (κ1) is 23.9. The van der Waals surface area contributed by atoms with Crippen LogP contribution >= 0.6 is 0 Å². The predicted molar refractivity (Wildman–Crippen MR) is 140 cm³/mol. The molecule has 7 rings (SSSR count). The Labute approximate surface area is 216 Å². The first-order chi connectivity index (χ1) is 17.3. The third kappa shape index (κ3) is 3.14. The zero-order chi connectivity index (χ0) is 24.8. The molecular weight excluding hydrogens is 448 g/mol. The van der Waals surface area contributed by atoms with Crippen LogP contribution in [0.3, 0.4) is 0 Å². The highest BCUT2D eigenvalue weighted by molar-refractivity contribution is 5.34. The summed E-state index contributed by atoms with van der Waals surface area (Å²) < 4.78 is 18.9. The molecule has 2 aliphatic heterocycles. The lowest BCUT2D eigenvalue weighted by Crippen LogP contribution is -2.62. The van der Waals surface area contributed by atoms with Gasteiger partial charge in [-0.2, -0.15) is 0 Å². The van der Waals surface area contributed by atoms with Crippen LogP contribution in [0.4, 0.5) is 0 Å². The molecule has 2 spiro atoms. The summed E-state index contributed by atoms with van der Waals surface area (Å²) in [4.78, 5) is 0. The van der Waals surface area contributed by atoms with Gasteiger partial charge in [0.15, 0.2) is 5.79 Å². The van der Waals surface area contributed by atoms with E-state index >= 15 is 0 Å². The number of aryl methyl sites for hydroxylation is 1. The van der Waals surface area contributed by atoms with Gasteiger partial charge in [0, 0.05) is 18.3 Å². The quantitative estimate of drug-likeness (QED) is 0.502. The molecule has 4 nitrogen and oxygen atoms in total. The second kappa shape index (κ2) is 8.15. The van der Waals surface area contributed by atoms with Gasteiger partial charge in [0.1, 0.15) is 0 Å². The number of hydrogen-bond donors (Lipinski definition) is 1. The molecule has 2 heterocycles. The van der Waals surface area contributed by atoms with E-state index in [1.165, 1.54) is 23.1 Å². The Kier molecular flexibility index (Phi) is 5.41. The van der Waals surface area contributed by atoms with Crippen LogP contribution in [0.15, 0.2) is 36.4 Å². The van der Waals surface area contributed by atoms with Gasteiger partial charge in [-0.05, 0) is 97.7 Å². The van der Waals surface area contributed by atoms with Crippen molar-refractivity contribution >= 4 is 0 Å². The highest BCUT2D eigenvalue weighted by Gasteiger charge is 2.69. The molecule has 2 saturated heterocycles. The molecular formula is C32H44O4. The molecule has 0 amide bonds.